The van der Waals surface area contributed by atoms with Crippen molar-refractivity contribution in [1.82, 2.24) is 9.78 Å². The molecule has 66 valence electrons. The van der Waals surface area contributed by atoms with Crippen LogP contribution < -0.4 is 0 Å². The molecule has 1 saturated carbocycles. The molecule has 1 aromatic heterocycles. The Kier molecular flexibility index (Phi) is 2.07. The van der Waals surface area contributed by atoms with E-state index in [4.69, 9.17) is 11.6 Å². The topological polar surface area (TPSA) is 38.0 Å². The maximum atomic E-state index is 9.55. The standard InChI is InChI=1S/C8H11ClN2O/c9-6-4-10-11(5-6)7-2-1-3-8(7)12/h4-5,7-8,12H,1-3H2/t7-,8-/m1/s1. The van der Waals surface area contributed by atoms with Gasteiger partial charge in [-0.25, -0.2) is 0 Å². The minimum atomic E-state index is -0.249. The van der Waals surface area contributed by atoms with Gasteiger partial charge < -0.3 is 5.11 Å². The van der Waals surface area contributed by atoms with Crippen molar-refractivity contribution < 1.29 is 5.11 Å². The van der Waals surface area contributed by atoms with E-state index in [1.165, 1.54) is 0 Å². The summed E-state index contributed by atoms with van der Waals surface area (Å²) < 4.78 is 1.76. The highest BCUT2D eigenvalue weighted by Gasteiger charge is 2.27. The van der Waals surface area contributed by atoms with E-state index in [1.807, 2.05) is 0 Å². The summed E-state index contributed by atoms with van der Waals surface area (Å²) in [5.41, 5.74) is 0. The predicted molar refractivity (Wildman–Crippen MR) is 46.1 cm³/mol. The van der Waals surface area contributed by atoms with Crippen LogP contribution in [0.3, 0.4) is 0 Å². The van der Waals surface area contributed by atoms with Crippen LogP contribution in [0.5, 0.6) is 0 Å². The van der Waals surface area contributed by atoms with Gasteiger partial charge in [-0.1, -0.05) is 11.6 Å². The van der Waals surface area contributed by atoms with Crippen LogP contribution in [0, 0.1) is 0 Å². The van der Waals surface area contributed by atoms with Crippen molar-refractivity contribution in [3.05, 3.63) is 17.4 Å². The van der Waals surface area contributed by atoms with Crippen LogP contribution in [0.2, 0.25) is 5.02 Å². The zero-order valence-corrected chi connectivity index (χ0v) is 7.41. The highest BCUT2D eigenvalue weighted by Crippen LogP contribution is 2.29. The summed E-state index contributed by atoms with van der Waals surface area (Å²) in [7, 11) is 0. The lowest BCUT2D eigenvalue weighted by atomic mass is 10.2. The Hall–Kier alpha value is -0.540. The molecule has 3 nitrogen and oxygen atoms in total. The number of aromatic nitrogens is 2. The fourth-order valence-corrected chi connectivity index (χ4v) is 1.87. The summed E-state index contributed by atoms with van der Waals surface area (Å²) in [5, 5.41) is 14.3. The Labute approximate surface area is 76.0 Å². The van der Waals surface area contributed by atoms with Crippen molar-refractivity contribution in [1.29, 1.82) is 0 Å². The molecule has 2 rings (SSSR count). The first kappa shape index (κ1) is 8.08. The second-order valence-electron chi connectivity index (χ2n) is 3.20. The number of hydrogen-bond acceptors (Lipinski definition) is 2. The molecule has 0 spiro atoms. The van der Waals surface area contributed by atoms with E-state index >= 15 is 0 Å². The van der Waals surface area contributed by atoms with Gasteiger partial charge in [-0.3, -0.25) is 4.68 Å². The number of rotatable bonds is 1. The Balaban J connectivity index is 2.19. The van der Waals surface area contributed by atoms with Gasteiger partial charge in [-0.2, -0.15) is 5.10 Å². The van der Waals surface area contributed by atoms with Crippen LogP contribution >= 0.6 is 11.6 Å². The van der Waals surface area contributed by atoms with E-state index < -0.39 is 0 Å². The second kappa shape index (κ2) is 3.07. The molecular formula is C8H11ClN2O. The molecule has 0 aliphatic heterocycles. The zero-order chi connectivity index (χ0) is 8.55. The van der Waals surface area contributed by atoms with E-state index in [9.17, 15) is 5.11 Å². The normalized spacial score (nSPS) is 29.5. The van der Waals surface area contributed by atoms with E-state index in [0.717, 1.165) is 19.3 Å². The van der Waals surface area contributed by atoms with Crippen LogP contribution in [-0.4, -0.2) is 21.0 Å². The monoisotopic (exact) mass is 186 g/mol. The number of hydrogen-bond donors (Lipinski definition) is 1. The van der Waals surface area contributed by atoms with Gasteiger partial charge in [0, 0.05) is 6.20 Å². The minimum Gasteiger partial charge on any atom is -0.391 e. The Morgan fingerprint density at radius 2 is 2.42 bits per heavy atom. The number of halogens is 1. The molecule has 12 heavy (non-hydrogen) atoms. The molecule has 0 radical (unpaired) electrons. The lowest BCUT2D eigenvalue weighted by molar-refractivity contribution is 0.130. The molecule has 1 fully saturated rings. The van der Waals surface area contributed by atoms with Crippen molar-refractivity contribution in [2.75, 3.05) is 0 Å². The molecule has 1 N–H and O–H groups in total. The van der Waals surface area contributed by atoms with Gasteiger partial charge in [-0.15, -0.1) is 0 Å². The van der Waals surface area contributed by atoms with Gasteiger partial charge in [0.25, 0.3) is 0 Å². The van der Waals surface area contributed by atoms with Crippen molar-refractivity contribution in [2.45, 2.75) is 31.4 Å². The minimum absolute atomic E-state index is 0.137. The molecule has 0 aromatic carbocycles. The molecule has 1 heterocycles. The molecular weight excluding hydrogens is 176 g/mol. The Morgan fingerprint density at radius 3 is 2.92 bits per heavy atom. The highest BCUT2D eigenvalue weighted by atomic mass is 35.5. The summed E-state index contributed by atoms with van der Waals surface area (Å²) >= 11 is 5.72. The molecule has 1 aliphatic rings. The maximum absolute atomic E-state index is 9.55. The molecule has 1 aliphatic carbocycles. The second-order valence-corrected chi connectivity index (χ2v) is 3.64. The Morgan fingerprint density at radius 1 is 1.58 bits per heavy atom. The molecule has 0 amide bonds. The van der Waals surface area contributed by atoms with Crippen LogP contribution in [-0.2, 0) is 0 Å². The van der Waals surface area contributed by atoms with Crippen molar-refractivity contribution in [2.24, 2.45) is 0 Å². The van der Waals surface area contributed by atoms with Gasteiger partial charge in [0.15, 0.2) is 0 Å². The van der Waals surface area contributed by atoms with E-state index in [1.54, 1.807) is 17.1 Å². The molecule has 1 aromatic rings. The fraction of sp³-hybridized carbons (Fsp3) is 0.625. The average Bonchev–Trinajstić information content (AvgIpc) is 2.58. The smallest absolute Gasteiger partial charge is 0.0785 e. The Bertz CT molecular complexity index is 274. The van der Waals surface area contributed by atoms with Crippen molar-refractivity contribution >= 4 is 11.6 Å². The number of aliphatic hydroxyl groups is 1. The first-order chi connectivity index (χ1) is 5.77. The van der Waals surface area contributed by atoms with E-state index in [-0.39, 0.29) is 12.1 Å². The summed E-state index contributed by atoms with van der Waals surface area (Å²) in [4.78, 5) is 0. The lowest BCUT2D eigenvalue weighted by Crippen LogP contribution is -2.18. The SMILES string of the molecule is O[C@@H]1CCC[C@H]1n1cc(Cl)cn1. The van der Waals surface area contributed by atoms with Gasteiger partial charge >= 0.3 is 0 Å². The quantitative estimate of drug-likeness (QED) is 0.724. The highest BCUT2D eigenvalue weighted by molar-refractivity contribution is 6.30. The summed E-state index contributed by atoms with van der Waals surface area (Å²) in [6.07, 6.45) is 6.07. The maximum Gasteiger partial charge on any atom is 0.0785 e. The van der Waals surface area contributed by atoms with Crippen LogP contribution in [0.4, 0.5) is 0 Å². The average molecular weight is 187 g/mol. The largest absolute Gasteiger partial charge is 0.391 e. The van der Waals surface area contributed by atoms with E-state index in [2.05, 4.69) is 5.10 Å². The first-order valence-electron chi connectivity index (χ1n) is 4.15. The van der Waals surface area contributed by atoms with Gasteiger partial charge in [0.2, 0.25) is 0 Å². The molecule has 2 atom stereocenters. The third-order valence-corrected chi connectivity index (χ3v) is 2.55. The lowest BCUT2D eigenvalue weighted by Gasteiger charge is -2.14. The van der Waals surface area contributed by atoms with Crippen LogP contribution in [0.1, 0.15) is 25.3 Å². The summed E-state index contributed by atoms with van der Waals surface area (Å²) in [6.45, 7) is 0. The van der Waals surface area contributed by atoms with Gasteiger partial charge in [0.05, 0.1) is 23.4 Å². The summed E-state index contributed by atoms with van der Waals surface area (Å²) in [6, 6.07) is 0.137. The van der Waals surface area contributed by atoms with Crippen LogP contribution in [0.25, 0.3) is 0 Å². The number of aliphatic hydroxyl groups excluding tert-OH is 1. The third-order valence-electron chi connectivity index (χ3n) is 2.35. The number of nitrogens with zero attached hydrogens (tertiary/aromatic N) is 2. The van der Waals surface area contributed by atoms with E-state index in [0.29, 0.717) is 5.02 Å². The van der Waals surface area contributed by atoms with Gasteiger partial charge in [-0.05, 0) is 19.3 Å². The first-order valence-corrected chi connectivity index (χ1v) is 4.53. The molecule has 0 saturated heterocycles. The summed E-state index contributed by atoms with van der Waals surface area (Å²) in [5.74, 6) is 0. The fourth-order valence-electron chi connectivity index (χ4n) is 1.73. The predicted octanol–water partition coefficient (Wildman–Crippen LogP) is 1.62. The molecule has 0 unspecified atom stereocenters. The van der Waals surface area contributed by atoms with Crippen molar-refractivity contribution in [3.8, 4) is 0 Å². The zero-order valence-electron chi connectivity index (χ0n) is 6.65. The third kappa shape index (κ3) is 1.34. The van der Waals surface area contributed by atoms with Gasteiger partial charge in [0.1, 0.15) is 0 Å². The van der Waals surface area contributed by atoms with Crippen molar-refractivity contribution in [3.63, 3.8) is 0 Å². The van der Waals surface area contributed by atoms with Crippen LogP contribution in [0.15, 0.2) is 12.4 Å². The molecule has 4 heteroatoms. The molecule has 0 bridgehead atoms.